The van der Waals surface area contributed by atoms with Gasteiger partial charge in [-0.1, -0.05) is 12.1 Å². The van der Waals surface area contributed by atoms with Gasteiger partial charge in [-0.3, -0.25) is 4.79 Å². The van der Waals surface area contributed by atoms with Gasteiger partial charge in [0.05, 0.1) is 12.0 Å². The first-order chi connectivity index (χ1) is 10.0. The smallest absolute Gasteiger partial charge is 0.335 e. The number of carbonyl (C=O) groups excluding carboxylic acids is 1. The molecule has 1 fully saturated rings. The largest absolute Gasteiger partial charge is 0.478 e. The summed E-state index contributed by atoms with van der Waals surface area (Å²) in [5.41, 5.74) is 0.795. The van der Waals surface area contributed by atoms with Gasteiger partial charge in [0.1, 0.15) is 0 Å². The summed E-state index contributed by atoms with van der Waals surface area (Å²) in [6.07, 6.45) is 4.12. The zero-order valence-electron chi connectivity index (χ0n) is 12.2. The lowest BCUT2D eigenvalue weighted by molar-refractivity contribution is -0.123. The molecule has 0 heterocycles. The van der Waals surface area contributed by atoms with Crippen LogP contribution in [-0.2, 0) is 16.0 Å². The van der Waals surface area contributed by atoms with E-state index in [9.17, 15) is 9.59 Å². The summed E-state index contributed by atoms with van der Waals surface area (Å²) >= 11 is 0. The Morgan fingerprint density at radius 1 is 1.38 bits per heavy atom. The Labute approximate surface area is 124 Å². The van der Waals surface area contributed by atoms with Crippen molar-refractivity contribution in [3.63, 3.8) is 0 Å². The van der Waals surface area contributed by atoms with E-state index in [2.05, 4.69) is 5.32 Å². The number of carboxylic acid groups (broad SMARTS) is 1. The maximum atomic E-state index is 12.2. The van der Waals surface area contributed by atoms with Gasteiger partial charge in [0.2, 0.25) is 5.91 Å². The molecule has 2 N–H and O–H groups in total. The average molecular weight is 291 g/mol. The predicted octanol–water partition coefficient (Wildman–Crippen LogP) is 2.00. The molecule has 1 aliphatic carbocycles. The van der Waals surface area contributed by atoms with Crippen LogP contribution < -0.4 is 5.32 Å². The third-order valence-electron chi connectivity index (χ3n) is 4.04. The molecule has 2 rings (SSSR count). The Morgan fingerprint density at radius 2 is 2.14 bits per heavy atom. The van der Waals surface area contributed by atoms with Crippen LogP contribution in [0.15, 0.2) is 24.3 Å². The molecule has 0 unspecified atom stereocenters. The molecule has 1 aliphatic rings. The van der Waals surface area contributed by atoms with Gasteiger partial charge in [-0.15, -0.1) is 0 Å². The molecule has 21 heavy (non-hydrogen) atoms. The predicted molar refractivity (Wildman–Crippen MR) is 78.3 cm³/mol. The van der Waals surface area contributed by atoms with E-state index in [1.165, 1.54) is 6.07 Å². The van der Waals surface area contributed by atoms with Gasteiger partial charge in [-0.05, 0) is 43.4 Å². The zero-order chi connectivity index (χ0) is 15.3. The maximum absolute atomic E-state index is 12.2. The summed E-state index contributed by atoms with van der Waals surface area (Å²) in [6.45, 7) is 0.634. The molecule has 1 amide bonds. The summed E-state index contributed by atoms with van der Waals surface area (Å²) in [5.74, 6) is -1.04. The minimum absolute atomic E-state index is 0.0617. The monoisotopic (exact) mass is 291 g/mol. The van der Waals surface area contributed by atoms with Crippen LogP contribution in [0.2, 0.25) is 0 Å². The van der Waals surface area contributed by atoms with Gasteiger partial charge >= 0.3 is 5.97 Å². The molecule has 0 bridgehead atoms. The minimum Gasteiger partial charge on any atom is -0.478 e. The fraction of sp³-hybridized carbons (Fsp3) is 0.500. The third-order valence-corrected chi connectivity index (χ3v) is 4.04. The van der Waals surface area contributed by atoms with Gasteiger partial charge in [-0.2, -0.15) is 0 Å². The molecule has 1 aromatic carbocycles. The van der Waals surface area contributed by atoms with Crippen molar-refractivity contribution in [1.29, 1.82) is 0 Å². The number of aromatic carboxylic acids is 1. The lowest BCUT2D eigenvalue weighted by Gasteiger charge is -2.42. The van der Waals surface area contributed by atoms with Crippen molar-refractivity contribution in [3.8, 4) is 0 Å². The number of benzene rings is 1. The fourth-order valence-corrected chi connectivity index (χ4v) is 2.68. The van der Waals surface area contributed by atoms with Gasteiger partial charge in [0, 0.05) is 19.3 Å². The first kappa shape index (κ1) is 15.5. The second-order valence-electron chi connectivity index (χ2n) is 5.61. The molecular formula is C16H21NO4. The molecule has 0 spiro atoms. The van der Waals surface area contributed by atoms with Crippen LogP contribution in [0.4, 0.5) is 0 Å². The molecule has 1 saturated carbocycles. The highest BCUT2D eigenvalue weighted by molar-refractivity contribution is 5.88. The summed E-state index contributed by atoms with van der Waals surface area (Å²) in [4.78, 5) is 23.1. The van der Waals surface area contributed by atoms with E-state index >= 15 is 0 Å². The van der Waals surface area contributed by atoms with Crippen LogP contribution in [0, 0.1) is 0 Å². The van der Waals surface area contributed by atoms with E-state index < -0.39 is 5.97 Å². The maximum Gasteiger partial charge on any atom is 0.335 e. The minimum atomic E-state index is -0.979. The van der Waals surface area contributed by atoms with Gasteiger partial charge in [-0.25, -0.2) is 4.79 Å². The van der Waals surface area contributed by atoms with E-state index in [4.69, 9.17) is 9.84 Å². The van der Waals surface area contributed by atoms with Crippen molar-refractivity contribution in [2.24, 2.45) is 0 Å². The van der Waals surface area contributed by atoms with E-state index in [0.717, 1.165) is 25.7 Å². The molecule has 0 radical (unpaired) electrons. The number of methoxy groups -OCH3 is 1. The zero-order valence-corrected chi connectivity index (χ0v) is 12.2. The van der Waals surface area contributed by atoms with Gasteiger partial charge in [0.15, 0.2) is 0 Å². The molecule has 114 valence electrons. The Bertz CT molecular complexity index is 523. The number of ether oxygens (including phenoxy) is 1. The summed E-state index contributed by atoms with van der Waals surface area (Å²) in [7, 11) is 1.66. The second-order valence-corrected chi connectivity index (χ2v) is 5.61. The molecule has 0 atom stereocenters. The lowest BCUT2D eigenvalue weighted by Crippen LogP contribution is -2.54. The highest BCUT2D eigenvalue weighted by Crippen LogP contribution is 2.34. The van der Waals surface area contributed by atoms with Crippen LogP contribution in [-0.4, -0.2) is 36.2 Å². The Kier molecular flexibility index (Phi) is 4.96. The Balaban J connectivity index is 1.95. The quantitative estimate of drug-likeness (QED) is 0.805. The van der Waals surface area contributed by atoms with E-state index in [1.54, 1.807) is 25.3 Å². The van der Waals surface area contributed by atoms with E-state index in [1.807, 2.05) is 0 Å². The molecular weight excluding hydrogens is 270 g/mol. The fourth-order valence-electron chi connectivity index (χ4n) is 2.68. The standard InChI is InChI=1S/C16H21NO4/c1-21-9-8-16(6-3-7-16)17-14(18)11-12-4-2-5-13(10-12)15(19)20/h2,4-5,10H,3,6-9,11H2,1H3,(H,17,18)(H,19,20). The van der Waals surface area contributed by atoms with E-state index in [-0.39, 0.29) is 23.4 Å². The Hall–Kier alpha value is -1.88. The molecule has 0 saturated heterocycles. The number of rotatable bonds is 7. The molecule has 5 nitrogen and oxygen atoms in total. The molecule has 1 aromatic rings. The summed E-state index contributed by atoms with van der Waals surface area (Å²) in [5, 5.41) is 12.1. The summed E-state index contributed by atoms with van der Waals surface area (Å²) < 4.78 is 5.10. The SMILES string of the molecule is COCCC1(NC(=O)Cc2cccc(C(=O)O)c2)CCC1. The highest BCUT2D eigenvalue weighted by atomic mass is 16.5. The van der Waals surface area contributed by atoms with Crippen LogP contribution in [0.1, 0.15) is 41.6 Å². The van der Waals surface area contributed by atoms with Crippen LogP contribution in [0.25, 0.3) is 0 Å². The van der Waals surface area contributed by atoms with Crippen molar-refractivity contribution in [1.82, 2.24) is 5.32 Å². The van der Waals surface area contributed by atoms with Crippen molar-refractivity contribution in [3.05, 3.63) is 35.4 Å². The van der Waals surface area contributed by atoms with Crippen molar-refractivity contribution < 1.29 is 19.4 Å². The normalized spacial score (nSPS) is 16.0. The van der Waals surface area contributed by atoms with Crippen molar-refractivity contribution in [2.45, 2.75) is 37.6 Å². The molecule has 0 aliphatic heterocycles. The van der Waals surface area contributed by atoms with Crippen LogP contribution in [0.5, 0.6) is 0 Å². The molecule has 0 aromatic heterocycles. The number of hydrogen-bond acceptors (Lipinski definition) is 3. The average Bonchev–Trinajstić information content (AvgIpc) is 2.42. The van der Waals surface area contributed by atoms with Crippen molar-refractivity contribution in [2.75, 3.05) is 13.7 Å². The summed E-state index contributed by atoms with van der Waals surface area (Å²) in [6, 6.07) is 6.50. The Morgan fingerprint density at radius 3 is 2.71 bits per heavy atom. The lowest BCUT2D eigenvalue weighted by atomic mass is 9.74. The number of amides is 1. The molecule has 5 heteroatoms. The first-order valence-corrected chi connectivity index (χ1v) is 7.17. The topological polar surface area (TPSA) is 75.6 Å². The second kappa shape index (κ2) is 6.72. The van der Waals surface area contributed by atoms with Crippen molar-refractivity contribution >= 4 is 11.9 Å². The number of carbonyl (C=O) groups is 2. The highest BCUT2D eigenvalue weighted by Gasteiger charge is 2.37. The number of carboxylic acids is 1. The first-order valence-electron chi connectivity index (χ1n) is 7.17. The third kappa shape index (κ3) is 4.04. The van der Waals surface area contributed by atoms with Crippen LogP contribution >= 0.6 is 0 Å². The van der Waals surface area contributed by atoms with Gasteiger partial charge < -0.3 is 15.2 Å². The van der Waals surface area contributed by atoms with Crippen LogP contribution in [0.3, 0.4) is 0 Å². The number of nitrogens with one attached hydrogen (secondary N) is 1. The van der Waals surface area contributed by atoms with E-state index in [0.29, 0.717) is 12.2 Å². The number of hydrogen-bond donors (Lipinski definition) is 2. The van der Waals surface area contributed by atoms with Gasteiger partial charge in [0.25, 0.3) is 0 Å².